The minimum absolute atomic E-state index is 0.445. The summed E-state index contributed by atoms with van der Waals surface area (Å²) in [6, 6.07) is 23.8. The number of hydrogen-bond acceptors (Lipinski definition) is 3. The molecule has 2 N–H and O–H groups in total. The number of imidazole rings is 1. The Bertz CT molecular complexity index is 1010. The highest BCUT2D eigenvalue weighted by Crippen LogP contribution is 2.22. The number of H-pyrrole nitrogens is 1. The van der Waals surface area contributed by atoms with Gasteiger partial charge in [-0.25, -0.2) is 4.98 Å². The molecule has 0 unspecified atom stereocenters. The first-order chi connectivity index (χ1) is 13.3. The van der Waals surface area contributed by atoms with Crippen molar-refractivity contribution in [2.75, 3.05) is 0 Å². The summed E-state index contributed by atoms with van der Waals surface area (Å²) >= 11 is 6.21. The van der Waals surface area contributed by atoms with E-state index in [9.17, 15) is 0 Å². The number of halogens is 1. The average Bonchev–Trinajstić information content (AvgIpc) is 3.11. The van der Waals surface area contributed by atoms with Gasteiger partial charge in [0.1, 0.15) is 18.2 Å². The van der Waals surface area contributed by atoms with E-state index in [-0.39, 0.29) is 0 Å². The Morgan fingerprint density at radius 1 is 0.852 bits per heavy atom. The summed E-state index contributed by atoms with van der Waals surface area (Å²) in [4.78, 5) is 7.92. The number of ether oxygens (including phenoxy) is 1. The number of aromatic nitrogens is 2. The maximum Gasteiger partial charge on any atom is 0.124 e. The van der Waals surface area contributed by atoms with Crippen LogP contribution in [0.2, 0.25) is 5.02 Å². The van der Waals surface area contributed by atoms with Gasteiger partial charge in [-0.3, -0.25) is 0 Å². The predicted octanol–water partition coefficient (Wildman–Crippen LogP) is 5.09. The van der Waals surface area contributed by atoms with Gasteiger partial charge in [0.05, 0.1) is 17.6 Å². The fourth-order valence-electron chi connectivity index (χ4n) is 2.97. The van der Waals surface area contributed by atoms with E-state index in [0.717, 1.165) is 38.8 Å². The van der Waals surface area contributed by atoms with Crippen LogP contribution in [0.3, 0.4) is 0 Å². The molecular formula is C22H20ClN3O. The van der Waals surface area contributed by atoms with Gasteiger partial charge in [0.25, 0.3) is 0 Å². The van der Waals surface area contributed by atoms with Crippen molar-refractivity contribution in [2.45, 2.75) is 19.7 Å². The number of fused-ring (bicyclic) bond motifs is 1. The largest absolute Gasteiger partial charge is 0.489 e. The van der Waals surface area contributed by atoms with Crippen LogP contribution in [-0.4, -0.2) is 9.97 Å². The van der Waals surface area contributed by atoms with Gasteiger partial charge in [0.2, 0.25) is 0 Å². The highest BCUT2D eigenvalue weighted by Gasteiger charge is 2.06. The van der Waals surface area contributed by atoms with Gasteiger partial charge in [-0.2, -0.15) is 0 Å². The van der Waals surface area contributed by atoms with Crippen molar-refractivity contribution in [1.29, 1.82) is 0 Å². The third-order valence-corrected chi connectivity index (χ3v) is 4.73. The summed E-state index contributed by atoms with van der Waals surface area (Å²) in [5, 5.41) is 4.15. The number of nitrogens with zero attached hydrogens (tertiary/aromatic N) is 1. The molecule has 0 spiro atoms. The monoisotopic (exact) mass is 377 g/mol. The van der Waals surface area contributed by atoms with Crippen molar-refractivity contribution in [2.24, 2.45) is 0 Å². The van der Waals surface area contributed by atoms with Crippen LogP contribution < -0.4 is 10.1 Å². The molecule has 1 heterocycles. The van der Waals surface area contributed by atoms with E-state index in [4.69, 9.17) is 16.3 Å². The van der Waals surface area contributed by atoms with Crippen LogP contribution in [0.1, 0.15) is 17.0 Å². The molecule has 4 rings (SSSR count). The van der Waals surface area contributed by atoms with Gasteiger partial charge < -0.3 is 15.0 Å². The van der Waals surface area contributed by atoms with Gasteiger partial charge >= 0.3 is 0 Å². The topological polar surface area (TPSA) is 49.9 Å². The molecule has 0 amide bonds. The van der Waals surface area contributed by atoms with Crippen molar-refractivity contribution >= 4 is 22.6 Å². The zero-order chi connectivity index (χ0) is 18.5. The van der Waals surface area contributed by atoms with E-state index in [1.165, 1.54) is 0 Å². The molecule has 1 aromatic heterocycles. The molecule has 0 atom stereocenters. The Labute approximate surface area is 163 Å². The number of hydrogen-bond donors (Lipinski definition) is 2. The molecule has 0 fully saturated rings. The van der Waals surface area contributed by atoms with Crippen molar-refractivity contribution in [3.63, 3.8) is 0 Å². The van der Waals surface area contributed by atoms with Crippen molar-refractivity contribution in [3.05, 3.63) is 94.8 Å². The maximum absolute atomic E-state index is 6.21. The van der Waals surface area contributed by atoms with E-state index >= 15 is 0 Å². The maximum atomic E-state index is 6.21. The van der Waals surface area contributed by atoms with Crippen LogP contribution in [-0.2, 0) is 19.7 Å². The fraction of sp³-hybridized carbons (Fsp3) is 0.136. The Morgan fingerprint density at radius 3 is 2.44 bits per heavy atom. The smallest absolute Gasteiger partial charge is 0.124 e. The quantitative estimate of drug-likeness (QED) is 0.472. The third-order valence-electron chi connectivity index (χ3n) is 4.36. The van der Waals surface area contributed by atoms with Gasteiger partial charge in [0.15, 0.2) is 0 Å². The molecule has 4 nitrogen and oxygen atoms in total. The molecule has 0 bridgehead atoms. The number of aromatic amines is 1. The predicted molar refractivity (Wildman–Crippen MR) is 109 cm³/mol. The van der Waals surface area contributed by atoms with Crippen LogP contribution in [0.15, 0.2) is 72.8 Å². The van der Waals surface area contributed by atoms with Gasteiger partial charge in [-0.15, -0.1) is 0 Å². The van der Waals surface area contributed by atoms with Crippen molar-refractivity contribution < 1.29 is 4.74 Å². The molecule has 136 valence electrons. The SMILES string of the molecule is Clc1ccccc1COc1ccccc1CNCc1nc2ccccc2[nH]1. The molecule has 0 aliphatic rings. The van der Waals surface area contributed by atoms with Crippen LogP contribution >= 0.6 is 11.6 Å². The van der Waals surface area contributed by atoms with Gasteiger partial charge in [0, 0.05) is 22.7 Å². The summed E-state index contributed by atoms with van der Waals surface area (Å²) in [5.74, 6) is 1.78. The third kappa shape index (κ3) is 4.30. The molecule has 27 heavy (non-hydrogen) atoms. The van der Waals surface area contributed by atoms with Crippen LogP contribution in [0.25, 0.3) is 11.0 Å². The van der Waals surface area contributed by atoms with Crippen LogP contribution in [0, 0.1) is 0 Å². The Hall–Kier alpha value is -2.82. The second-order valence-electron chi connectivity index (χ2n) is 6.29. The summed E-state index contributed by atoms with van der Waals surface area (Å²) in [5.41, 5.74) is 4.11. The minimum atomic E-state index is 0.445. The zero-order valence-corrected chi connectivity index (χ0v) is 15.5. The molecule has 0 aliphatic carbocycles. The Morgan fingerprint density at radius 2 is 1.59 bits per heavy atom. The standard InChI is InChI=1S/C22H20ClN3O/c23-18-9-3-1-8-17(18)15-27-21-12-6-2-7-16(21)13-24-14-22-25-19-10-4-5-11-20(19)26-22/h1-12,24H,13-15H2,(H,25,26). The highest BCUT2D eigenvalue weighted by molar-refractivity contribution is 6.31. The number of nitrogens with one attached hydrogen (secondary N) is 2. The fourth-order valence-corrected chi connectivity index (χ4v) is 3.16. The summed E-state index contributed by atoms with van der Waals surface area (Å²) in [6.45, 7) is 1.80. The lowest BCUT2D eigenvalue weighted by atomic mass is 10.2. The number of benzene rings is 3. The zero-order valence-electron chi connectivity index (χ0n) is 14.8. The Balaban J connectivity index is 1.38. The molecule has 0 aliphatic heterocycles. The van der Waals surface area contributed by atoms with Gasteiger partial charge in [-0.05, 0) is 24.3 Å². The summed E-state index contributed by atoms with van der Waals surface area (Å²) in [6.07, 6.45) is 0. The lowest BCUT2D eigenvalue weighted by Crippen LogP contribution is -2.14. The lowest BCUT2D eigenvalue weighted by Gasteiger charge is -2.12. The second-order valence-corrected chi connectivity index (χ2v) is 6.70. The highest BCUT2D eigenvalue weighted by atomic mass is 35.5. The lowest BCUT2D eigenvalue weighted by molar-refractivity contribution is 0.302. The van der Waals surface area contributed by atoms with Crippen LogP contribution in [0.4, 0.5) is 0 Å². The molecule has 3 aromatic carbocycles. The van der Waals surface area contributed by atoms with Crippen LogP contribution in [0.5, 0.6) is 5.75 Å². The minimum Gasteiger partial charge on any atom is -0.489 e. The molecule has 4 aromatic rings. The molecular weight excluding hydrogens is 358 g/mol. The molecule has 5 heteroatoms. The van der Waals surface area contributed by atoms with E-state index in [1.54, 1.807) is 0 Å². The summed E-state index contributed by atoms with van der Waals surface area (Å²) in [7, 11) is 0. The second kappa shape index (κ2) is 8.25. The van der Waals surface area contributed by atoms with Crippen molar-refractivity contribution in [1.82, 2.24) is 15.3 Å². The van der Waals surface area contributed by atoms with Gasteiger partial charge in [-0.1, -0.05) is 60.1 Å². The molecule has 0 radical (unpaired) electrons. The van der Waals surface area contributed by atoms with E-state index in [1.807, 2.05) is 66.7 Å². The number of para-hydroxylation sites is 3. The summed E-state index contributed by atoms with van der Waals surface area (Å²) < 4.78 is 6.01. The first-order valence-corrected chi connectivity index (χ1v) is 9.26. The first-order valence-electron chi connectivity index (χ1n) is 8.88. The normalized spacial score (nSPS) is 11.0. The number of rotatable bonds is 7. The van der Waals surface area contributed by atoms with E-state index < -0.39 is 0 Å². The average molecular weight is 378 g/mol. The van der Waals surface area contributed by atoms with Crippen molar-refractivity contribution in [3.8, 4) is 5.75 Å². The Kier molecular flexibility index (Phi) is 5.37. The first kappa shape index (κ1) is 17.6. The molecule has 0 saturated carbocycles. The van der Waals surface area contributed by atoms with E-state index in [2.05, 4.69) is 21.4 Å². The van der Waals surface area contributed by atoms with E-state index in [0.29, 0.717) is 19.7 Å². The molecule has 0 saturated heterocycles.